The highest BCUT2D eigenvalue weighted by atomic mass is 16.5. The van der Waals surface area contributed by atoms with E-state index in [1.807, 2.05) is 0 Å². The summed E-state index contributed by atoms with van der Waals surface area (Å²) >= 11 is 0. The first-order chi connectivity index (χ1) is 7.91. The van der Waals surface area contributed by atoms with Gasteiger partial charge >= 0.3 is 11.9 Å². The third kappa shape index (κ3) is 10.4. The monoisotopic (exact) mass is 243 g/mol. The highest BCUT2D eigenvalue weighted by Gasteiger charge is 2.01. The van der Waals surface area contributed by atoms with E-state index in [0.29, 0.717) is 6.42 Å². The fourth-order valence-electron chi connectivity index (χ4n) is 0.995. The Labute approximate surface area is 99.6 Å². The molecule has 0 aromatic rings. The van der Waals surface area contributed by atoms with Gasteiger partial charge in [0.05, 0.1) is 13.0 Å². The van der Waals surface area contributed by atoms with Crippen LogP contribution in [0, 0.1) is 0 Å². The molecule has 17 heavy (non-hydrogen) atoms. The van der Waals surface area contributed by atoms with Crippen molar-refractivity contribution in [2.24, 2.45) is 0 Å². The maximum absolute atomic E-state index is 11.2. The minimum atomic E-state index is -0.958. The van der Waals surface area contributed by atoms with Crippen molar-refractivity contribution >= 4 is 17.8 Å². The van der Waals surface area contributed by atoms with Gasteiger partial charge in [-0.3, -0.25) is 14.4 Å². The van der Waals surface area contributed by atoms with Crippen molar-refractivity contribution < 1.29 is 24.2 Å². The SMILES string of the molecule is CC(=O)OCCC(C)=CC(=O)NCCC(=O)O. The number of nitrogens with one attached hydrogen (secondary N) is 1. The zero-order chi connectivity index (χ0) is 13.3. The highest BCUT2D eigenvalue weighted by Crippen LogP contribution is 1.99. The first-order valence-electron chi connectivity index (χ1n) is 5.22. The zero-order valence-corrected chi connectivity index (χ0v) is 9.99. The van der Waals surface area contributed by atoms with Gasteiger partial charge in [-0.15, -0.1) is 0 Å². The van der Waals surface area contributed by atoms with E-state index in [2.05, 4.69) is 5.32 Å². The van der Waals surface area contributed by atoms with Gasteiger partial charge in [0.25, 0.3) is 0 Å². The number of hydrogen-bond donors (Lipinski definition) is 2. The molecule has 0 heterocycles. The van der Waals surface area contributed by atoms with Crippen LogP contribution in [0.2, 0.25) is 0 Å². The Hall–Kier alpha value is -1.85. The summed E-state index contributed by atoms with van der Waals surface area (Å²) in [7, 11) is 0. The molecule has 2 N–H and O–H groups in total. The van der Waals surface area contributed by atoms with Gasteiger partial charge in [-0.05, 0) is 6.92 Å². The molecule has 0 aliphatic rings. The number of ether oxygens (including phenoxy) is 1. The summed E-state index contributed by atoms with van der Waals surface area (Å²) in [6, 6.07) is 0. The summed E-state index contributed by atoms with van der Waals surface area (Å²) in [6.07, 6.45) is 1.74. The Bertz CT molecular complexity index is 322. The molecule has 6 heteroatoms. The molecule has 0 fully saturated rings. The molecule has 0 saturated carbocycles. The molecule has 0 radical (unpaired) electrons. The van der Waals surface area contributed by atoms with Crippen LogP contribution in [0.5, 0.6) is 0 Å². The Morgan fingerprint density at radius 1 is 1.24 bits per heavy atom. The number of amides is 1. The van der Waals surface area contributed by atoms with Crippen LogP contribution in [0.25, 0.3) is 0 Å². The van der Waals surface area contributed by atoms with E-state index in [-0.39, 0.29) is 31.4 Å². The van der Waals surface area contributed by atoms with Crippen LogP contribution in [0.1, 0.15) is 26.7 Å². The second-order valence-electron chi connectivity index (χ2n) is 3.52. The Morgan fingerprint density at radius 3 is 2.41 bits per heavy atom. The molecular formula is C11H17NO5. The molecule has 0 aliphatic carbocycles. The normalized spacial score (nSPS) is 10.8. The molecule has 1 amide bonds. The average Bonchev–Trinajstić information content (AvgIpc) is 2.15. The third-order valence-electron chi connectivity index (χ3n) is 1.82. The number of hydrogen-bond acceptors (Lipinski definition) is 4. The summed E-state index contributed by atoms with van der Waals surface area (Å²) in [5, 5.41) is 10.8. The molecule has 0 aromatic heterocycles. The minimum absolute atomic E-state index is 0.0991. The van der Waals surface area contributed by atoms with E-state index in [9.17, 15) is 14.4 Å². The number of aliphatic carboxylic acids is 1. The molecule has 0 saturated heterocycles. The Kier molecular flexibility index (Phi) is 7.41. The summed E-state index contributed by atoms with van der Waals surface area (Å²) in [6.45, 7) is 3.39. The van der Waals surface area contributed by atoms with Crippen molar-refractivity contribution in [3.63, 3.8) is 0 Å². The predicted octanol–water partition coefficient (Wildman–Crippen LogP) is 0.477. The number of esters is 1. The minimum Gasteiger partial charge on any atom is -0.481 e. The lowest BCUT2D eigenvalue weighted by Gasteiger charge is -2.03. The molecule has 6 nitrogen and oxygen atoms in total. The van der Waals surface area contributed by atoms with E-state index in [1.54, 1.807) is 6.92 Å². The lowest BCUT2D eigenvalue weighted by molar-refractivity contribution is -0.141. The summed E-state index contributed by atoms with van der Waals surface area (Å²) in [5.41, 5.74) is 0.763. The molecule has 0 rings (SSSR count). The van der Waals surface area contributed by atoms with Crippen molar-refractivity contribution in [2.45, 2.75) is 26.7 Å². The van der Waals surface area contributed by atoms with Crippen LogP contribution in [0.3, 0.4) is 0 Å². The molecule has 0 spiro atoms. The largest absolute Gasteiger partial charge is 0.481 e. The number of carboxylic acids is 1. The summed E-state index contributed by atoms with van der Waals surface area (Å²) in [5.74, 6) is -1.66. The molecule has 0 atom stereocenters. The summed E-state index contributed by atoms with van der Waals surface area (Å²) in [4.78, 5) is 31.9. The quantitative estimate of drug-likeness (QED) is 0.501. The van der Waals surface area contributed by atoms with Gasteiger partial charge in [-0.1, -0.05) is 5.57 Å². The molecule has 0 unspecified atom stereocenters. The number of carbonyl (C=O) groups excluding carboxylic acids is 2. The third-order valence-corrected chi connectivity index (χ3v) is 1.82. The van der Waals surface area contributed by atoms with Crippen molar-refractivity contribution in [1.82, 2.24) is 5.32 Å². The van der Waals surface area contributed by atoms with Gasteiger partial charge in [0.15, 0.2) is 0 Å². The number of carboxylic acid groups (broad SMARTS) is 1. The van der Waals surface area contributed by atoms with Gasteiger partial charge in [0, 0.05) is 26.0 Å². The van der Waals surface area contributed by atoms with E-state index in [0.717, 1.165) is 5.57 Å². The molecule has 0 aliphatic heterocycles. The number of carbonyl (C=O) groups is 3. The van der Waals surface area contributed by atoms with Crippen molar-refractivity contribution in [3.05, 3.63) is 11.6 Å². The summed E-state index contributed by atoms with van der Waals surface area (Å²) < 4.78 is 4.72. The van der Waals surface area contributed by atoms with E-state index < -0.39 is 5.97 Å². The first kappa shape index (κ1) is 15.2. The van der Waals surface area contributed by atoms with Gasteiger partial charge < -0.3 is 15.2 Å². The lowest BCUT2D eigenvalue weighted by atomic mass is 10.2. The van der Waals surface area contributed by atoms with E-state index >= 15 is 0 Å². The Morgan fingerprint density at radius 2 is 1.88 bits per heavy atom. The Balaban J connectivity index is 3.81. The lowest BCUT2D eigenvalue weighted by Crippen LogP contribution is -2.24. The van der Waals surface area contributed by atoms with E-state index in [4.69, 9.17) is 9.84 Å². The molecule has 96 valence electrons. The van der Waals surface area contributed by atoms with Crippen LogP contribution in [0.15, 0.2) is 11.6 Å². The fraction of sp³-hybridized carbons (Fsp3) is 0.545. The van der Waals surface area contributed by atoms with Gasteiger partial charge in [-0.2, -0.15) is 0 Å². The van der Waals surface area contributed by atoms with Crippen LogP contribution < -0.4 is 5.32 Å². The second kappa shape index (κ2) is 8.32. The maximum atomic E-state index is 11.2. The van der Waals surface area contributed by atoms with Gasteiger partial charge in [0.1, 0.15) is 0 Å². The van der Waals surface area contributed by atoms with Crippen LogP contribution in [-0.4, -0.2) is 36.1 Å². The maximum Gasteiger partial charge on any atom is 0.305 e. The van der Waals surface area contributed by atoms with Crippen molar-refractivity contribution in [3.8, 4) is 0 Å². The average molecular weight is 243 g/mol. The van der Waals surface area contributed by atoms with Crippen LogP contribution in [0.4, 0.5) is 0 Å². The van der Waals surface area contributed by atoms with Crippen molar-refractivity contribution in [2.75, 3.05) is 13.2 Å². The van der Waals surface area contributed by atoms with Crippen LogP contribution in [-0.2, 0) is 19.1 Å². The predicted molar refractivity (Wildman–Crippen MR) is 60.3 cm³/mol. The topological polar surface area (TPSA) is 92.7 Å². The molecule has 0 aromatic carbocycles. The first-order valence-corrected chi connectivity index (χ1v) is 5.22. The van der Waals surface area contributed by atoms with Gasteiger partial charge in [-0.25, -0.2) is 0 Å². The van der Waals surface area contributed by atoms with Crippen LogP contribution >= 0.6 is 0 Å². The highest BCUT2D eigenvalue weighted by molar-refractivity contribution is 5.88. The van der Waals surface area contributed by atoms with Gasteiger partial charge in [0.2, 0.25) is 5.91 Å². The smallest absolute Gasteiger partial charge is 0.305 e. The van der Waals surface area contributed by atoms with Crippen molar-refractivity contribution in [1.29, 1.82) is 0 Å². The fourth-order valence-corrected chi connectivity index (χ4v) is 0.995. The second-order valence-corrected chi connectivity index (χ2v) is 3.52. The van der Waals surface area contributed by atoms with E-state index in [1.165, 1.54) is 13.0 Å². The standard InChI is InChI=1S/C11H17NO5/c1-8(4-6-17-9(2)13)7-10(14)12-5-3-11(15)16/h7H,3-6H2,1-2H3,(H,12,14)(H,15,16). The number of rotatable bonds is 7. The zero-order valence-electron chi connectivity index (χ0n) is 9.99. The molecule has 0 bridgehead atoms. The molecular weight excluding hydrogens is 226 g/mol.